The van der Waals surface area contributed by atoms with Gasteiger partial charge in [0, 0.05) is 18.2 Å². The summed E-state index contributed by atoms with van der Waals surface area (Å²) in [7, 11) is 0. The van der Waals surface area contributed by atoms with E-state index in [0.29, 0.717) is 17.8 Å². The minimum absolute atomic E-state index is 0.0703. The molecule has 0 aliphatic heterocycles. The van der Waals surface area contributed by atoms with Crippen molar-refractivity contribution in [2.75, 3.05) is 13.2 Å². The normalized spacial score (nSPS) is 16.2. The van der Waals surface area contributed by atoms with Gasteiger partial charge in [0.25, 0.3) is 0 Å². The molecule has 0 bridgehead atoms. The largest absolute Gasteiger partial charge is 0.396 e. The van der Waals surface area contributed by atoms with Crippen LogP contribution in [-0.2, 0) is 0 Å². The molecule has 1 aliphatic rings. The summed E-state index contributed by atoms with van der Waals surface area (Å²) in [6, 6.07) is 10.6. The van der Waals surface area contributed by atoms with E-state index in [2.05, 4.69) is 15.6 Å². The molecule has 1 fully saturated rings. The molecule has 1 unspecified atom stereocenters. The fourth-order valence-electron chi connectivity index (χ4n) is 2.58. The molecule has 6 heteroatoms. The number of urea groups is 1. The number of rotatable bonds is 6. The van der Waals surface area contributed by atoms with Gasteiger partial charge in [-0.05, 0) is 42.7 Å². The van der Waals surface area contributed by atoms with Gasteiger partial charge in [0.1, 0.15) is 5.82 Å². The van der Waals surface area contributed by atoms with Gasteiger partial charge in [-0.25, -0.2) is 9.18 Å². The Labute approximate surface area is 139 Å². The zero-order valence-corrected chi connectivity index (χ0v) is 13.2. The first-order valence-corrected chi connectivity index (χ1v) is 7.93. The Morgan fingerprint density at radius 1 is 1.29 bits per heavy atom. The third-order valence-corrected chi connectivity index (χ3v) is 4.36. The third kappa shape index (κ3) is 3.89. The van der Waals surface area contributed by atoms with E-state index in [-0.39, 0.29) is 23.9 Å². The van der Waals surface area contributed by atoms with Crippen molar-refractivity contribution < 1.29 is 14.3 Å². The van der Waals surface area contributed by atoms with Crippen LogP contribution in [0.2, 0.25) is 0 Å². The highest BCUT2D eigenvalue weighted by Crippen LogP contribution is 2.44. The van der Waals surface area contributed by atoms with Crippen LogP contribution in [0.5, 0.6) is 0 Å². The number of benzene rings is 1. The molecule has 126 valence electrons. The highest BCUT2D eigenvalue weighted by atomic mass is 19.1. The number of amides is 2. The minimum atomic E-state index is -0.550. The number of carbonyl (C=O) groups is 1. The smallest absolute Gasteiger partial charge is 0.315 e. The molecule has 1 heterocycles. The van der Waals surface area contributed by atoms with Gasteiger partial charge < -0.3 is 15.7 Å². The average molecular weight is 329 g/mol. The summed E-state index contributed by atoms with van der Waals surface area (Å²) in [6.45, 7) is 0.494. The second-order valence-corrected chi connectivity index (χ2v) is 6.23. The topological polar surface area (TPSA) is 74.2 Å². The highest BCUT2D eigenvalue weighted by Gasteiger charge is 2.42. The van der Waals surface area contributed by atoms with Gasteiger partial charge >= 0.3 is 6.03 Å². The molecule has 0 spiro atoms. The van der Waals surface area contributed by atoms with E-state index in [9.17, 15) is 14.3 Å². The zero-order valence-electron chi connectivity index (χ0n) is 13.2. The molecule has 1 aromatic heterocycles. The third-order valence-electron chi connectivity index (χ3n) is 4.36. The van der Waals surface area contributed by atoms with Gasteiger partial charge in [0.2, 0.25) is 0 Å². The Balaban J connectivity index is 1.74. The van der Waals surface area contributed by atoms with Gasteiger partial charge in [-0.15, -0.1) is 0 Å². The van der Waals surface area contributed by atoms with E-state index < -0.39 is 6.04 Å². The molecule has 1 aliphatic carbocycles. The maximum atomic E-state index is 13.6. The predicted octanol–water partition coefficient (Wildman–Crippen LogP) is 2.38. The molecular weight excluding hydrogens is 309 g/mol. The molecule has 0 radical (unpaired) electrons. The summed E-state index contributed by atoms with van der Waals surface area (Å²) >= 11 is 0. The van der Waals surface area contributed by atoms with Crippen LogP contribution in [0.4, 0.5) is 9.18 Å². The fraction of sp³-hybridized carbons (Fsp3) is 0.333. The summed E-state index contributed by atoms with van der Waals surface area (Å²) in [5.74, 6) is -0.368. The van der Waals surface area contributed by atoms with Gasteiger partial charge in [-0.1, -0.05) is 18.2 Å². The summed E-state index contributed by atoms with van der Waals surface area (Å²) in [5, 5.41) is 14.9. The minimum Gasteiger partial charge on any atom is -0.396 e. The van der Waals surface area contributed by atoms with Crippen LogP contribution in [0, 0.1) is 11.2 Å². The van der Waals surface area contributed by atoms with Crippen LogP contribution in [0.15, 0.2) is 48.7 Å². The molecule has 1 atom stereocenters. The number of halogens is 1. The number of aliphatic hydroxyl groups is 1. The quantitative estimate of drug-likeness (QED) is 0.762. The molecule has 2 amide bonds. The number of hydrogen-bond donors (Lipinski definition) is 3. The van der Waals surface area contributed by atoms with Gasteiger partial charge in [-0.3, -0.25) is 4.98 Å². The van der Waals surface area contributed by atoms with Crippen molar-refractivity contribution in [2.24, 2.45) is 5.41 Å². The van der Waals surface area contributed by atoms with Crippen molar-refractivity contribution in [3.63, 3.8) is 0 Å². The van der Waals surface area contributed by atoms with Crippen LogP contribution >= 0.6 is 0 Å². The number of pyridine rings is 1. The zero-order chi connectivity index (χ0) is 17.0. The number of nitrogens with one attached hydrogen (secondary N) is 2. The Morgan fingerprint density at radius 2 is 2.12 bits per heavy atom. The van der Waals surface area contributed by atoms with Gasteiger partial charge in [-0.2, -0.15) is 0 Å². The Morgan fingerprint density at radius 3 is 2.75 bits per heavy atom. The van der Waals surface area contributed by atoms with Gasteiger partial charge in [0.15, 0.2) is 0 Å². The number of hydrogen-bond acceptors (Lipinski definition) is 3. The van der Waals surface area contributed by atoms with Crippen LogP contribution < -0.4 is 10.6 Å². The SMILES string of the molecule is O=C(NCC1(CO)CC1)NC(c1cccc(F)c1)c1ccccn1. The molecule has 2 aromatic rings. The van der Waals surface area contributed by atoms with Crippen molar-refractivity contribution in [3.8, 4) is 0 Å². The number of aromatic nitrogens is 1. The van der Waals surface area contributed by atoms with Crippen molar-refractivity contribution >= 4 is 6.03 Å². The van der Waals surface area contributed by atoms with E-state index in [0.717, 1.165) is 12.8 Å². The Bertz CT molecular complexity index is 704. The van der Waals surface area contributed by atoms with Gasteiger partial charge in [0.05, 0.1) is 18.3 Å². The first-order valence-electron chi connectivity index (χ1n) is 7.93. The Hall–Kier alpha value is -2.47. The van der Waals surface area contributed by atoms with Crippen LogP contribution in [0.25, 0.3) is 0 Å². The summed E-state index contributed by atoms with van der Waals surface area (Å²) in [4.78, 5) is 16.5. The van der Waals surface area contributed by atoms with Crippen molar-refractivity contribution in [3.05, 3.63) is 65.7 Å². The van der Waals surface area contributed by atoms with E-state index in [1.165, 1.54) is 12.1 Å². The second-order valence-electron chi connectivity index (χ2n) is 6.23. The summed E-state index contributed by atoms with van der Waals surface area (Å²) in [6.07, 6.45) is 3.46. The average Bonchev–Trinajstić information content (AvgIpc) is 3.39. The summed E-state index contributed by atoms with van der Waals surface area (Å²) in [5.41, 5.74) is 1.07. The number of nitrogens with zero attached hydrogens (tertiary/aromatic N) is 1. The highest BCUT2D eigenvalue weighted by molar-refractivity contribution is 5.75. The molecule has 1 saturated carbocycles. The molecule has 24 heavy (non-hydrogen) atoms. The second kappa shape index (κ2) is 6.97. The lowest BCUT2D eigenvalue weighted by atomic mass is 10.0. The molecule has 5 nitrogen and oxygen atoms in total. The maximum absolute atomic E-state index is 13.6. The number of aliphatic hydroxyl groups excluding tert-OH is 1. The van der Waals surface area contributed by atoms with Crippen LogP contribution in [0.1, 0.15) is 30.1 Å². The molecule has 1 aromatic carbocycles. The standard InChI is InChI=1S/C18H20FN3O2/c19-14-5-3-4-13(10-14)16(15-6-1-2-9-20-15)22-17(24)21-11-18(12-23)7-8-18/h1-6,9-10,16,23H,7-8,11-12H2,(H2,21,22,24). The fourth-order valence-corrected chi connectivity index (χ4v) is 2.58. The predicted molar refractivity (Wildman–Crippen MR) is 87.8 cm³/mol. The number of carbonyl (C=O) groups excluding carboxylic acids is 1. The monoisotopic (exact) mass is 329 g/mol. The van der Waals surface area contributed by atoms with Crippen molar-refractivity contribution in [1.29, 1.82) is 0 Å². The van der Waals surface area contributed by atoms with Crippen LogP contribution in [0.3, 0.4) is 0 Å². The van der Waals surface area contributed by atoms with E-state index in [1.807, 2.05) is 6.07 Å². The lowest BCUT2D eigenvalue weighted by Gasteiger charge is -2.20. The molecule has 0 saturated heterocycles. The van der Waals surface area contributed by atoms with Crippen molar-refractivity contribution in [1.82, 2.24) is 15.6 Å². The first-order chi connectivity index (χ1) is 11.6. The Kier molecular flexibility index (Phi) is 4.76. The lowest BCUT2D eigenvalue weighted by molar-refractivity contribution is 0.202. The van der Waals surface area contributed by atoms with E-state index >= 15 is 0 Å². The summed E-state index contributed by atoms with van der Waals surface area (Å²) < 4.78 is 13.6. The first kappa shape index (κ1) is 16.4. The molecule has 3 rings (SSSR count). The van der Waals surface area contributed by atoms with Crippen molar-refractivity contribution in [2.45, 2.75) is 18.9 Å². The van der Waals surface area contributed by atoms with Crippen LogP contribution in [-0.4, -0.2) is 29.3 Å². The molecular formula is C18H20FN3O2. The van der Waals surface area contributed by atoms with E-state index in [1.54, 1.807) is 30.5 Å². The maximum Gasteiger partial charge on any atom is 0.315 e. The van der Waals surface area contributed by atoms with E-state index in [4.69, 9.17) is 0 Å². The lowest BCUT2D eigenvalue weighted by Crippen LogP contribution is -2.41. The molecule has 3 N–H and O–H groups in total.